The number of hydrogen-bond donors (Lipinski definition) is 1. The molecule has 3 rings (SSSR count). The molecule has 0 radical (unpaired) electrons. The molecule has 108 valence electrons. The molecule has 1 amide bonds. The Labute approximate surface area is 123 Å². The van der Waals surface area contributed by atoms with Crippen LogP contribution in [0.25, 0.3) is 0 Å². The van der Waals surface area contributed by atoms with E-state index in [-0.39, 0.29) is 23.5 Å². The van der Waals surface area contributed by atoms with Crippen molar-refractivity contribution in [2.45, 2.75) is 19.3 Å². The number of benzene rings is 1. The van der Waals surface area contributed by atoms with Crippen molar-refractivity contribution < 1.29 is 9.59 Å². The summed E-state index contributed by atoms with van der Waals surface area (Å²) in [5, 5.41) is 7.01. The number of amides is 1. The molecule has 5 heteroatoms. The molecule has 0 spiro atoms. The van der Waals surface area contributed by atoms with Crippen LogP contribution in [0.2, 0.25) is 0 Å². The van der Waals surface area contributed by atoms with E-state index in [9.17, 15) is 9.59 Å². The molecule has 1 heterocycles. The first-order chi connectivity index (χ1) is 10.1. The smallest absolute Gasteiger partial charge is 0.228 e. The Kier molecular flexibility index (Phi) is 3.33. The van der Waals surface area contributed by atoms with Gasteiger partial charge in [0.2, 0.25) is 5.91 Å². The number of carbonyl (C=O) groups excluding carboxylic acids is 2. The summed E-state index contributed by atoms with van der Waals surface area (Å²) in [6.45, 7) is 1.50. The van der Waals surface area contributed by atoms with E-state index in [1.54, 1.807) is 22.9 Å². The molecule has 0 bridgehead atoms. The molecule has 1 aromatic carbocycles. The Morgan fingerprint density at radius 3 is 2.76 bits per heavy atom. The molecule has 0 aliphatic heterocycles. The number of rotatable bonds is 4. The third-order valence-electron chi connectivity index (χ3n) is 3.84. The predicted molar refractivity (Wildman–Crippen MR) is 79.1 cm³/mol. The van der Waals surface area contributed by atoms with E-state index in [0.29, 0.717) is 11.3 Å². The van der Waals surface area contributed by atoms with Crippen LogP contribution in [0.15, 0.2) is 36.7 Å². The Morgan fingerprint density at radius 1 is 1.33 bits per heavy atom. The summed E-state index contributed by atoms with van der Waals surface area (Å²) in [5.41, 5.74) is 2.23. The van der Waals surface area contributed by atoms with E-state index in [1.165, 1.54) is 6.92 Å². The van der Waals surface area contributed by atoms with Crippen molar-refractivity contribution in [3.05, 3.63) is 47.8 Å². The molecule has 2 aromatic rings. The lowest BCUT2D eigenvalue weighted by molar-refractivity contribution is -0.117. The van der Waals surface area contributed by atoms with Gasteiger partial charge >= 0.3 is 0 Å². The van der Waals surface area contributed by atoms with Gasteiger partial charge in [0.05, 0.1) is 11.9 Å². The van der Waals surface area contributed by atoms with Gasteiger partial charge < -0.3 is 5.32 Å². The summed E-state index contributed by atoms with van der Waals surface area (Å²) in [6, 6.07) is 7.09. The van der Waals surface area contributed by atoms with Crippen molar-refractivity contribution in [3.63, 3.8) is 0 Å². The molecule has 0 saturated heterocycles. The van der Waals surface area contributed by atoms with Gasteiger partial charge in [0, 0.05) is 24.7 Å². The van der Waals surface area contributed by atoms with Gasteiger partial charge in [-0.1, -0.05) is 12.1 Å². The summed E-state index contributed by atoms with van der Waals surface area (Å²) in [6.07, 6.45) is 4.59. The summed E-state index contributed by atoms with van der Waals surface area (Å²) >= 11 is 0. The fourth-order valence-corrected chi connectivity index (χ4v) is 2.61. The van der Waals surface area contributed by atoms with Gasteiger partial charge in [-0.3, -0.25) is 14.3 Å². The van der Waals surface area contributed by atoms with E-state index in [4.69, 9.17) is 0 Å². The Hall–Kier alpha value is -2.43. The highest BCUT2D eigenvalue weighted by molar-refractivity contribution is 6.04. The molecular weight excluding hydrogens is 266 g/mol. The maximum absolute atomic E-state index is 12.3. The van der Waals surface area contributed by atoms with Crippen molar-refractivity contribution in [3.8, 4) is 0 Å². The number of para-hydroxylation sites is 1. The van der Waals surface area contributed by atoms with Crippen LogP contribution in [0.4, 0.5) is 5.69 Å². The summed E-state index contributed by atoms with van der Waals surface area (Å²) in [5.74, 6) is 0.125. The quantitative estimate of drug-likeness (QED) is 0.876. The van der Waals surface area contributed by atoms with Crippen molar-refractivity contribution in [1.29, 1.82) is 0 Å². The topological polar surface area (TPSA) is 64.0 Å². The van der Waals surface area contributed by atoms with E-state index >= 15 is 0 Å². The van der Waals surface area contributed by atoms with E-state index in [1.807, 2.05) is 25.5 Å². The Bertz CT molecular complexity index is 705. The second kappa shape index (κ2) is 5.16. The molecule has 0 unspecified atom stereocenters. The van der Waals surface area contributed by atoms with Gasteiger partial charge in [-0.05, 0) is 37.0 Å². The summed E-state index contributed by atoms with van der Waals surface area (Å²) < 4.78 is 1.74. The van der Waals surface area contributed by atoms with Crippen molar-refractivity contribution >= 4 is 17.4 Å². The normalized spacial score (nSPS) is 20.1. The van der Waals surface area contributed by atoms with Gasteiger partial charge in [0.1, 0.15) is 0 Å². The van der Waals surface area contributed by atoms with Crippen LogP contribution in [-0.4, -0.2) is 21.5 Å². The minimum Gasteiger partial charge on any atom is -0.325 e. The van der Waals surface area contributed by atoms with Crippen molar-refractivity contribution in [2.75, 3.05) is 5.32 Å². The van der Waals surface area contributed by atoms with Crippen LogP contribution in [-0.2, 0) is 11.8 Å². The lowest BCUT2D eigenvalue weighted by atomic mass is 10.1. The summed E-state index contributed by atoms with van der Waals surface area (Å²) in [7, 11) is 1.87. The fraction of sp³-hybridized carbons (Fsp3) is 0.312. The van der Waals surface area contributed by atoms with Gasteiger partial charge in [-0.15, -0.1) is 0 Å². The second-order valence-corrected chi connectivity index (χ2v) is 5.49. The number of aromatic nitrogens is 2. The van der Waals surface area contributed by atoms with Crippen LogP contribution in [0, 0.1) is 5.92 Å². The molecule has 1 aliphatic rings. The molecule has 1 N–H and O–H groups in total. The lowest BCUT2D eigenvalue weighted by Crippen LogP contribution is -2.16. The SMILES string of the molecule is CC(=O)c1ccccc1NC(=O)[C@H]1C[C@@H]1c1cnn(C)c1. The number of Topliss-reactive ketones (excluding diaryl/α,β-unsaturated/α-hetero) is 1. The van der Waals surface area contributed by atoms with Crippen molar-refractivity contribution in [2.24, 2.45) is 13.0 Å². The summed E-state index contributed by atoms with van der Waals surface area (Å²) in [4.78, 5) is 23.8. The van der Waals surface area contributed by atoms with Crippen LogP contribution in [0.1, 0.15) is 35.2 Å². The van der Waals surface area contributed by atoms with Crippen LogP contribution in [0.3, 0.4) is 0 Å². The third-order valence-corrected chi connectivity index (χ3v) is 3.84. The number of carbonyl (C=O) groups is 2. The zero-order chi connectivity index (χ0) is 15.0. The lowest BCUT2D eigenvalue weighted by Gasteiger charge is -2.08. The Morgan fingerprint density at radius 2 is 2.10 bits per heavy atom. The van der Waals surface area contributed by atoms with Crippen LogP contribution < -0.4 is 5.32 Å². The Balaban J connectivity index is 1.70. The first kappa shape index (κ1) is 13.5. The van der Waals surface area contributed by atoms with Crippen LogP contribution in [0.5, 0.6) is 0 Å². The van der Waals surface area contributed by atoms with Crippen molar-refractivity contribution in [1.82, 2.24) is 9.78 Å². The van der Waals surface area contributed by atoms with E-state index in [0.717, 1.165) is 12.0 Å². The third kappa shape index (κ3) is 2.72. The number of hydrogen-bond acceptors (Lipinski definition) is 3. The van der Waals surface area contributed by atoms with Gasteiger partial charge in [-0.25, -0.2) is 0 Å². The largest absolute Gasteiger partial charge is 0.325 e. The molecule has 21 heavy (non-hydrogen) atoms. The van der Waals surface area contributed by atoms with E-state index < -0.39 is 0 Å². The molecule has 1 saturated carbocycles. The highest BCUT2D eigenvalue weighted by Gasteiger charge is 2.44. The molecule has 1 aliphatic carbocycles. The molecule has 1 fully saturated rings. The maximum Gasteiger partial charge on any atom is 0.228 e. The monoisotopic (exact) mass is 283 g/mol. The van der Waals surface area contributed by atoms with Gasteiger partial charge in [0.25, 0.3) is 0 Å². The maximum atomic E-state index is 12.3. The predicted octanol–water partition coefficient (Wildman–Crippen LogP) is 2.36. The molecular formula is C16H17N3O2. The minimum absolute atomic E-state index is 0.0300. The molecule has 5 nitrogen and oxygen atoms in total. The highest BCUT2D eigenvalue weighted by Crippen LogP contribution is 2.47. The van der Waals surface area contributed by atoms with Gasteiger partial charge in [-0.2, -0.15) is 5.10 Å². The standard InChI is InChI=1S/C16H17N3O2/c1-10(20)12-5-3-4-6-15(12)18-16(21)14-7-13(14)11-8-17-19(2)9-11/h3-6,8-9,13-14H,7H2,1-2H3,(H,18,21)/t13-,14+/m1/s1. The number of nitrogens with one attached hydrogen (secondary N) is 1. The van der Waals surface area contributed by atoms with Crippen LogP contribution >= 0.6 is 0 Å². The molecule has 2 atom stereocenters. The number of anilines is 1. The van der Waals surface area contributed by atoms with E-state index in [2.05, 4.69) is 10.4 Å². The fourth-order valence-electron chi connectivity index (χ4n) is 2.61. The number of aryl methyl sites for hydroxylation is 1. The zero-order valence-corrected chi connectivity index (χ0v) is 12.0. The van der Waals surface area contributed by atoms with Gasteiger partial charge in [0.15, 0.2) is 5.78 Å². The molecule has 1 aromatic heterocycles. The number of ketones is 1. The number of nitrogens with zero attached hydrogens (tertiary/aromatic N) is 2. The second-order valence-electron chi connectivity index (χ2n) is 5.49. The average Bonchev–Trinajstić information content (AvgIpc) is 3.14. The zero-order valence-electron chi connectivity index (χ0n) is 12.0. The average molecular weight is 283 g/mol. The first-order valence-corrected chi connectivity index (χ1v) is 6.95. The minimum atomic E-state index is -0.0505. The first-order valence-electron chi connectivity index (χ1n) is 6.95. The highest BCUT2D eigenvalue weighted by atomic mass is 16.2.